The number of hydrogen-bond donors (Lipinski definition) is 1. The summed E-state index contributed by atoms with van der Waals surface area (Å²) < 4.78 is 11.7. The number of aliphatic hydroxyl groups excluding tert-OH is 1. The predicted molar refractivity (Wildman–Crippen MR) is 150 cm³/mol. The maximum Gasteiger partial charge on any atom is 0.183 e. The first-order chi connectivity index (χ1) is 16.7. The summed E-state index contributed by atoms with van der Waals surface area (Å²) in [6, 6.07) is 0. The van der Waals surface area contributed by atoms with Crippen molar-refractivity contribution in [3.63, 3.8) is 0 Å². The number of ether oxygens (including phenoxy) is 2. The van der Waals surface area contributed by atoms with E-state index in [1.54, 1.807) is 6.92 Å². The fourth-order valence-corrected chi connectivity index (χ4v) is 4.61. The van der Waals surface area contributed by atoms with Gasteiger partial charge in [-0.2, -0.15) is 0 Å². The van der Waals surface area contributed by atoms with E-state index in [4.69, 9.17) is 9.47 Å². The third-order valence-electron chi connectivity index (χ3n) is 6.95. The van der Waals surface area contributed by atoms with Crippen molar-refractivity contribution in [3.8, 4) is 0 Å². The van der Waals surface area contributed by atoms with Crippen molar-refractivity contribution in [1.82, 2.24) is 0 Å². The Kier molecular flexibility index (Phi) is 29.0. The van der Waals surface area contributed by atoms with E-state index in [2.05, 4.69) is 13.8 Å². The highest BCUT2D eigenvalue weighted by molar-refractivity contribution is 4.55. The second-order valence-corrected chi connectivity index (χ2v) is 10.6. The van der Waals surface area contributed by atoms with Crippen molar-refractivity contribution in [1.29, 1.82) is 0 Å². The van der Waals surface area contributed by atoms with Crippen molar-refractivity contribution in [3.05, 3.63) is 0 Å². The highest BCUT2D eigenvalue weighted by Crippen LogP contribution is 2.14. The summed E-state index contributed by atoms with van der Waals surface area (Å²) in [6.45, 7) is 7.73. The Bertz CT molecular complexity index is 329. The number of aliphatic hydroxyl groups is 1. The second kappa shape index (κ2) is 29.1. The lowest BCUT2D eigenvalue weighted by molar-refractivity contribution is -0.190. The van der Waals surface area contributed by atoms with Crippen molar-refractivity contribution in [2.75, 3.05) is 13.2 Å². The van der Waals surface area contributed by atoms with Gasteiger partial charge in [-0.15, -0.1) is 0 Å². The molecule has 0 fully saturated rings. The fourth-order valence-electron chi connectivity index (χ4n) is 4.61. The van der Waals surface area contributed by atoms with Crippen LogP contribution in [0.4, 0.5) is 0 Å². The van der Waals surface area contributed by atoms with E-state index in [0.29, 0.717) is 13.2 Å². The van der Waals surface area contributed by atoms with E-state index in [1.807, 2.05) is 0 Å². The lowest BCUT2D eigenvalue weighted by atomic mass is 10.1. The summed E-state index contributed by atoms with van der Waals surface area (Å²) in [7, 11) is 0. The zero-order valence-corrected chi connectivity index (χ0v) is 23.8. The first-order valence-electron chi connectivity index (χ1n) is 15.6. The van der Waals surface area contributed by atoms with Crippen LogP contribution in [-0.4, -0.2) is 30.7 Å². The molecule has 1 N–H and O–H groups in total. The first-order valence-corrected chi connectivity index (χ1v) is 15.6. The van der Waals surface area contributed by atoms with Gasteiger partial charge in [-0.3, -0.25) is 0 Å². The molecule has 1 atom stereocenters. The molecule has 0 saturated carbocycles. The van der Waals surface area contributed by atoms with Gasteiger partial charge in [-0.25, -0.2) is 0 Å². The summed E-state index contributed by atoms with van der Waals surface area (Å²) in [6.07, 6.45) is 31.3. The highest BCUT2D eigenvalue weighted by atomic mass is 16.7. The maximum atomic E-state index is 9.94. The fraction of sp³-hybridized carbons (Fsp3) is 1.00. The van der Waals surface area contributed by atoms with Crippen LogP contribution in [0.15, 0.2) is 0 Å². The van der Waals surface area contributed by atoms with Crippen molar-refractivity contribution in [2.45, 2.75) is 187 Å². The van der Waals surface area contributed by atoms with Crippen molar-refractivity contribution < 1.29 is 14.6 Å². The first kappa shape index (κ1) is 33.9. The van der Waals surface area contributed by atoms with E-state index in [9.17, 15) is 5.11 Å². The Morgan fingerprint density at radius 2 is 0.647 bits per heavy atom. The topological polar surface area (TPSA) is 38.7 Å². The Balaban J connectivity index is 3.40. The number of hydrogen-bond acceptors (Lipinski definition) is 3. The maximum absolute atomic E-state index is 9.94. The zero-order chi connectivity index (χ0) is 25.0. The molecule has 34 heavy (non-hydrogen) atoms. The summed E-state index contributed by atoms with van der Waals surface area (Å²) in [4.78, 5) is 0. The summed E-state index contributed by atoms with van der Waals surface area (Å²) in [5.74, 6) is 0. The zero-order valence-electron chi connectivity index (χ0n) is 23.8. The lowest BCUT2D eigenvalue weighted by Crippen LogP contribution is -2.30. The van der Waals surface area contributed by atoms with Crippen LogP contribution in [0.1, 0.15) is 175 Å². The van der Waals surface area contributed by atoms with Gasteiger partial charge in [0.1, 0.15) is 6.10 Å². The van der Waals surface area contributed by atoms with Crippen molar-refractivity contribution in [2.24, 2.45) is 0 Å². The molecule has 0 saturated heterocycles. The number of unbranched alkanes of at least 4 members (excludes halogenated alkanes) is 22. The van der Waals surface area contributed by atoms with Gasteiger partial charge >= 0.3 is 0 Å². The molecule has 206 valence electrons. The summed E-state index contributed by atoms with van der Waals surface area (Å²) in [5, 5.41) is 9.94. The third-order valence-corrected chi connectivity index (χ3v) is 6.95. The molecule has 0 heterocycles. The van der Waals surface area contributed by atoms with E-state index in [1.165, 1.54) is 141 Å². The second-order valence-electron chi connectivity index (χ2n) is 10.6. The Hall–Kier alpha value is -0.120. The average Bonchev–Trinajstić information content (AvgIpc) is 2.83. The normalized spacial score (nSPS) is 12.6. The van der Waals surface area contributed by atoms with Crippen molar-refractivity contribution >= 4 is 0 Å². The minimum Gasteiger partial charge on any atom is -0.388 e. The standard InChI is InChI=1S/C31H64O3/c1-4-6-8-10-12-14-16-18-20-22-24-26-28-33-31(30(3)32)34-29-27-25-23-21-19-17-15-13-11-9-7-5-2/h30-32H,4-29H2,1-3H3. The number of rotatable bonds is 29. The van der Waals surface area contributed by atoms with Gasteiger partial charge in [-0.1, -0.05) is 155 Å². The van der Waals surface area contributed by atoms with Gasteiger partial charge in [0.25, 0.3) is 0 Å². The SMILES string of the molecule is CCCCCCCCCCCCCCOC(OCCCCCCCCCCCCCC)C(C)O. The molecule has 0 bridgehead atoms. The molecule has 0 amide bonds. The molecule has 0 aromatic carbocycles. The molecule has 0 aromatic rings. The van der Waals surface area contributed by atoms with Crippen LogP contribution in [0.25, 0.3) is 0 Å². The van der Waals surface area contributed by atoms with Crippen LogP contribution < -0.4 is 0 Å². The quantitative estimate of drug-likeness (QED) is 0.0847. The van der Waals surface area contributed by atoms with Crippen LogP contribution in [0.3, 0.4) is 0 Å². The Morgan fingerprint density at radius 1 is 0.412 bits per heavy atom. The van der Waals surface area contributed by atoms with E-state index in [0.717, 1.165) is 12.8 Å². The molecule has 0 radical (unpaired) electrons. The predicted octanol–water partition coefficient (Wildman–Crippen LogP) is 10.1. The van der Waals surface area contributed by atoms with E-state index < -0.39 is 12.4 Å². The van der Waals surface area contributed by atoms with Gasteiger partial charge in [0.2, 0.25) is 0 Å². The minimum absolute atomic E-state index is 0.458. The van der Waals surface area contributed by atoms with Crippen LogP contribution in [0.5, 0.6) is 0 Å². The summed E-state index contributed by atoms with van der Waals surface area (Å²) in [5.41, 5.74) is 0. The average molecular weight is 485 g/mol. The summed E-state index contributed by atoms with van der Waals surface area (Å²) >= 11 is 0. The monoisotopic (exact) mass is 484 g/mol. The van der Waals surface area contributed by atoms with Gasteiger partial charge in [0.15, 0.2) is 6.29 Å². The smallest absolute Gasteiger partial charge is 0.183 e. The Morgan fingerprint density at radius 3 is 0.882 bits per heavy atom. The highest BCUT2D eigenvalue weighted by Gasteiger charge is 2.15. The molecule has 0 aromatic heterocycles. The van der Waals surface area contributed by atoms with Crippen LogP contribution >= 0.6 is 0 Å². The van der Waals surface area contributed by atoms with Gasteiger partial charge in [0, 0.05) is 13.2 Å². The third kappa shape index (κ3) is 26.5. The Labute approximate surface area is 215 Å². The van der Waals surface area contributed by atoms with Gasteiger partial charge in [-0.05, 0) is 19.8 Å². The van der Waals surface area contributed by atoms with E-state index in [-0.39, 0.29) is 0 Å². The molecule has 0 aliphatic rings. The van der Waals surface area contributed by atoms with Gasteiger partial charge in [0.05, 0.1) is 0 Å². The lowest BCUT2D eigenvalue weighted by Gasteiger charge is -2.21. The van der Waals surface area contributed by atoms with Crippen LogP contribution in [0.2, 0.25) is 0 Å². The molecule has 0 aliphatic carbocycles. The minimum atomic E-state index is -0.561. The molecule has 0 spiro atoms. The molecular formula is C31H64O3. The molecule has 3 heteroatoms. The molecular weight excluding hydrogens is 420 g/mol. The molecule has 0 aliphatic heterocycles. The van der Waals surface area contributed by atoms with Gasteiger partial charge < -0.3 is 14.6 Å². The molecule has 3 nitrogen and oxygen atoms in total. The van der Waals surface area contributed by atoms with Crippen LogP contribution in [-0.2, 0) is 9.47 Å². The van der Waals surface area contributed by atoms with E-state index >= 15 is 0 Å². The molecule has 0 rings (SSSR count). The van der Waals surface area contributed by atoms with Crippen LogP contribution in [0, 0.1) is 0 Å². The molecule has 1 unspecified atom stereocenters. The largest absolute Gasteiger partial charge is 0.388 e.